The first-order valence-electron chi connectivity index (χ1n) is 7.50. The minimum atomic E-state index is 0.142. The van der Waals surface area contributed by atoms with Crippen LogP contribution in [0.1, 0.15) is 51.0 Å². The molecule has 2 N–H and O–H groups in total. The van der Waals surface area contributed by atoms with Gasteiger partial charge in [-0.15, -0.1) is 0 Å². The number of aromatic hydroxyl groups is 1. The van der Waals surface area contributed by atoms with E-state index < -0.39 is 0 Å². The molecule has 0 unspecified atom stereocenters. The molecule has 20 heavy (non-hydrogen) atoms. The van der Waals surface area contributed by atoms with Crippen molar-refractivity contribution in [2.45, 2.75) is 58.0 Å². The van der Waals surface area contributed by atoms with Gasteiger partial charge in [0.05, 0.1) is 5.02 Å². The van der Waals surface area contributed by atoms with Crippen LogP contribution >= 0.6 is 23.2 Å². The number of benzene rings is 1. The third-order valence-electron chi connectivity index (χ3n) is 4.23. The zero-order valence-electron chi connectivity index (χ0n) is 12.0. The Hall–Kier alpha value is -0.440. The molecule has 1 aliphatic carbocycles. The Morgan fingerprint density at radius 2 is 1.90 bits per heavy atom. The number of phenols is 1. The van der Waals surface area contributed by atoms with Crippen molar-refractivity contribution in [1.82, 2.24) is 5.32 Å². The molecule has 1 aromatic rings. The Kier molecular flexibility index (Phi) is 6.01. The van der Waals surface area contributed by atoms with Crippen molar-refractivity contribution in [3.63, 3.8) is 0 Å². The Balaban J connectivity index is 1.85. The Bertz CT molecular complexity index is 442. The zero-order chi connectivity index (χ0) is 14.5. The Morgan fingerprint density at radius 1 is 1.20 bits per heavy atom. The smallest absolute Gasteiger partial charge is 0.138 e. The van der Waals surface area contributed by atoms with E-state index in [1.807, 2.05) is 0 Å². The number of rotatable bonds is 5. The molecule has 0 bridgehead atoms. The van der Waals surface area contributed by atoms with E-state index >= 15 is 0 Å². The highest BCUT2D eigenvalue weighted by atomic mass is 35.5. The summed E-state index contributed by atoms with van der Waals surface area (Å²) in [6.07, 6.45) is 7.72. The fourth-order valence-electron chi connectivity index (χ4n) is 3.07. The van der Waals surface area contributed by atoms with Gasteiger partial charge in [0.25, 0.3) is 0 Å². The van der Waals surface area contributed by atoms with E-state index in [1.54, 1.807) is 12.1 Å². The molecule has 0 aromatic heterocycles. The average Bonchev–Trinajstić information content (AvgIpc) is 2.43. The van der Waals surface area contributed by atoms with Crippen molar-refractivity contribution < 1.29 is 5.11 Å². The summed E-state index contributed by atoms with van der Waals surface area (Å²) >= 11 is 11.9. The van der Waals surface area contributed by atoms with Gasteiger partial charge in [0, 0.05) is 23.2 Å². The van der Waals surface area contributed by atoms with Gasteiger partial charge in [0.1, 0.15) is 5.75 Å². The lowest BCUT2D eigenvalue weighted by Crippen LogP contribution is -2.32. The van der Waals surface area contributed by atoms with Gasteiger partial charge in [-0.3, -0.25) is 0 Å². The highest BCUT2D eigenvalue weighted by molar-refractivity contribution is 6.35. The van der Waals surface area contributed by atoms with Crippen LogP contribution in [-0.2, 0) is 6.54 Å². The third-order valence-corrected chi connectivity index (χ3v) is 4.74. The van der Waals surface area contributed by atoms with Crippen LogP contribution in [0.4, 0.5) is 0 Å². The summed E-state index contributed by atoms with van der Waals surface area (Å²) in [6, 6.07) is 3.89. The number of halogens is 2. The Labute approximate surface area is 131 Å². The third kappa shape index (κ3) is 4.28. The molecule has 0 amide bonds. The Morgan fingerprint density at radius 3 is 2.55 bits per heavy atom. The maximum Gasteiger partial charge on any atom is 0.138 e. The van der Waals surface area contributed by atoms with Crippen LogP contribution in [0.2, 0.25) is 10.0 Å². The lowest BCUT2D eigenvalue weighted by Gasteiger charge is -2.29. The topological polar surface area (TPSA) is 32.3 Å². The average molecular weight is 316 g/mol. The highest BCUT2D eigenvalue weighted by Crippen LogP contribution is 2.32. The summed E-state index contributed by atoms with van der Waals surface area (Å²) in [4.78, 5) is 0. The molecule has 1 saturated carbocycles. The summed E-state index contributed by atoms with van der Waals surface area (Å²) in [5, 5.41) is 14.3. The molecular formula is C16H23Cl2NO. The van der Waals surface area contributed by atoms with Crippen LogP contribution < -0.4 is 5.32 Å². The molecule has 1 aliphatic rings. The van der Waals surface area contributed by atoms with Gasteiger partial charge in [0.15, 0.2) is 0 Å². The molecule has 0 heterocycles. The van der Waals surface area contributed by atoms with Crippen LogP contribution in [0.3, 0.4) is 0 Å². The molecular weight excluding hydrogens is 293 g/mol. The first-order chi connectivity index (χ1) is 9.60. The molecule has 0 aliphatic heterocycles. The van der Waals surface area contributed by atoms with Crippen LogP contribution in [0, 0.1) is 5.92 Å². The zero-order valence-corrected chi connectivity index (χ0v) is 13.5. The standard InChI is InChI=1S/C16H23Cl2NO/c1-2-3-11-4-6-14(7-5-11)19-10-12-8-13(17)9-15(18)16(12)20/h8-9,11,14,19-20H,2-7,10H2,1H3. The minimum Gasteiger partial charge on any atom is -0.506 e. The predicted molar refractivity (Wildman–Crippen MR) is 85.6 cm³/mol. The van der Waals surface area contributed by atoms with E-state index in [4.69, 9.17) is 23.2 Å². The van der Waals surface area contributed by atoms with Crippen molar-refractivity contribution in [3.8, 4) is 5.75 Å². The first kappa shape index (κ1) is 15.9. The number of hydrogen-bond acceptors (Lipinski definition) is 2. The van der Waals surface area contributed by atoms with Gasteiger partial charge in [0.2, 0.25) is 0 Å². The van der Waals surface area contributed by atoms with Crippen LogP contribution in [0.5, 0.6) is 5.75 Å². The SMILES string of the molecule is CCCC1CCC(NCc2cc(Cl)cc(Cl)c2O)CC1. The lowest BCUT2D eigenvalue weighted by atomic mass is 9.83. The lowest BCUT2D eigenvalue weighted by molar-refractivity contribution is 0.277. The molecule has 0 spiro atoms. The van der Waals surface area contributed by atoms with Gasteiger partial charge < -0.3 is 10.4 Å². The fourth-order valence-corrected chi connectivity index (χ4v) is 3.61. The van der Waals surface area contributed by atoms with Crippen molar-refractivity contribution in [1.29, 1.82) is 0 Å². The second kappa shape index (κ2) is 7.53. The van der Waals surface area contributed by atoms with E-state index in [2.05, 4.69) is 12.2 Å². The summed E-state index contributed by atoms with van der Waals surface area (Å²) in [7, 11) is 0. The van der Waals surface area contributed by atoms with E-state index in [1.165, 1.54) is 38.5 Å². The summed E-state index contributed by atoms with van der Waals surface area (Å²) in [5.74, 6) is 1.05. The van der Waals surface area contributed by atoms with Gasteiger partial charge >= 0.3 is 0 Å². The number of hydrogen-bond donors (Lipinski definition) is 2. The molecule has 4 heteroatoms. The summed E-state index contributed by atoms with van der Waals surface area (Å²) in [6.45, 7) is 2.88. The second-order valence-corrected chi connectivity index (χ2v) is 6.63. The van der Waals surface area contributed by atoms with Crippen molar-refractivity contribution in [2.24, 2.45) is 5.92 Å². The summed E-state index contributed by atoms with van der Waals surface area (Å²) < 4.78 is 0. The molecule has 0 atom stereocenters. The van der Waals surface area contributed by atoms with E-state index in [9.17, 15) is 5.11 Å². The van der Waals surface area contributed by atoms with Crippen molar-refractivity contribution in [3.05, 3.63) is 27.7 Å². The normalized spacial score (nSPS) is 22.9. The maximum atomic E-state index is 9.93. The van der Waals surface area contributed by atoms with Crippen LogP contribution in [0.25, 0.3) is 0 Å². The molecule has 112 valence electrons. The monoisotopic (exact) mass is 315 g/mol. The quantitative estimate of drug-likeness (QED) is 0.787. The highest BCUT2D eigenvalue weighted by Gasteiger charge is 2.20. The van der Waals surface area contributed by atoms with Gasteiger partial charge in [-0.25, -0.2) is 0 Å². The molecule has 1 aromatic carbocycles. The molecule has 0 saturated heterocycles. The van der Waals surface area contributed by atoms with Gasteiger partial charge in [-0.2, -0.15) is 0 Å². The van der Waals surface area contributed by atoms with Gasteiger partial charge in [-0.1, -0.05) is 43.0 Å². The number of nitrogens with one attached hydrogen (secondary N) is 1. The molecule has 2 rings (SSSR count). The fraction of sp³-hybridized carbons (Fsp3) is 0.625. The van der Waals surface area contributed by atoms with Crippen LogP contribution in [-0.4, -0.2) is 11.1 Å². The minimum absolute atomic E-state index is 0.142. The van der Waals surface area contributed by atoms with Crippen molar-refractivity contribution in [2.75, 3.05) is 0 Å². The molecule has 0 radical (unpaired) electrons. The van der Waals surface area contributed by atoms with E-state index in [0.29, 0.717) is 22.6 Å². The predicted octanol–water partition coefficient (Wildman–Crippen LogP) is 5.15. The largest absolute Gasteiger partial charge is 0.506 e. The molecule has 1 fully saturated rings. The molecule has 2 nitrogen and oxygen atoms in total. The first-order valence-corrected chi connectivity index (χ1v) is 8.26. The van der Waals surface area contributed by atoms with Crippen molar-refractivity contribution >= 4 is 23.2 Å². The van der Waals surface area contributed by atoms with Gasteiger partial charge in [-0.05, 0) is 43.7 Å². The summed E-state index contributed by atoms with van der Waals surface area (Å²) in [5.41, 5.74) is 0.776. The van der Waals surface area contributed by atoms with E-state index in [0.717, 1.165) is 11.5 Å². The number of phenolic OH excluding ortho intramolecular Hbond substituents is 1. The maximum absolute atomic E-state index is 9.93. The van der Waals surface area contributed by atoms with Crippen LogP contribution in [0.15, 0.2) is 12.1 Å². The van der Waals surface area contributed by atoms with E-state index in [-0.39, 0.29) is 5.75 Å². The second-order valence-electron chi connectivity index (χ2n) is 5.78.